The minimum atomic E-state index is -4.71. The second-order valence-corrected chi connectivity index (χ2v) is 14.8. The summed E-state index contributed by atoms with van der Waals surface area (Å²) in [4.78, 5) is 14.3. The van der Waals surface area contributed by atoms with E-state index in [1.165, 1.54) is 17.4 Å². The molecule has 2 aromatic carbocycles. The summed E-state index contributed by atoms with van der Waals surface area (Å²) >= 11 is 1.75. The monoisotopic (exact) mass is 633 g/mol. The summed E-state index contributed by atoms with van der Waals surface area (Å²) in [6.07, 6.45) is 3.20. The molecule has 0 radical (unpaired) electrons. The van der Waals surface area contributed by atoms with E-state index in [4.69, 9.17) is 0 Å². The zero-order valence-corrected chi connectivity index (χ0v) is 27.2. The number of rotatable bonds is 10. The molecule has 1 saturated carbocycles. The van der Waals surface area contributed by atoms with Crippen molar-refractivity contribution in [1.29, 1.82) is 0 Å². The van der Waals surface area contributed by atoms with Crippen molar-refractivity contribution >= 4 is 28.7 Å². The number of carbonyl (C=O) groups is 1. The molecule has 234 valence electrons. The molecule has 1 fully saturated rings. The number of hydrogen-bond acceptors (Lipinski definition) is 3. The van der Waals surface area contributed by atoms with Crippen LogP contribution in [0.1, 0.15) is 92.5 Å². The van der Waals surface area contributed by atoms with E-state index in [9.17, 15) is 22.2 Å². The third-order valence-corrected chi connectivity index (χ3v) is 10.1. The Labute approximate surface area is 260 Å². The van der Waals surface area contributed by atoms with Gasteiger partial charge in [-0.2, -0.15) is 13.2 Å². The zero-order valence-electron chi connectivity index (χ0n) is 25.6. The minimum absolute atomic E-state index is 0.267. The topological polar surface area (TPSA) is 63.1 Å². The molecule has 1 unspecified atom stereocenters. The average molecular weight is 634 g/mol. The smallest absolute Gasteiger partial charge is 0.348 e. The number of nitrogens with one attached hydrogen (secondary N) is 2. The summed E-state index contributed by atoms with van der Waals surface area (Å²) in [6.45, 7) is 9.57. The van der Waals surface area contributed by atoms with E-state index >= 15 is 0 Å². The molecule has 3 aromatic rings. The fraction of sp³-hybridized carbons (Fsp3) is 0.485. The lowest BCUT2D eigenvalue weighted by molar-refractivity contribution is -0.139. The van der Waals surface area contributed by atoms with Crippen LogP contribution in [0, 0.1) is 12.8 Å². The van der Waals surface area contributed by atoms with Crippen molar-refractivity contribution in [1.82, 2.24) is 14.6 Å². The molecule has 1 aliphatic carbocycles. The number of thioether (sulfide) groups is 1. The highest BCUT2D eigenvalue weighted by Gasteiger charge is 2.36. The Kier molecular flexibility index (Phi) is 10.9. The SMILES string of the molecule is CCSc1ccc(CNC(=O)c2cn(-c3ccc(S(=O)NC(C)(C)C)c(C(F)(F)F)c3)c(CC3CCCCC3)c2C)cc1. The van der Waals surface area contributed by atoms with Gasteiger partial charge in [-0.15, -0.1) is 11.8 Å². The van der Waals surface area contributed by atoms with E-state index in [2.05, 4.69) is 17.0 Å². The van der Waals surface area contributed by atoms with Gasteiger partial charge in [-0.1, -0.05) is 51.2 Å². The third kappa shape index (κ3) is 8.76. The van der Waals surface area contributed by atoms with Gasteiger partial charge in [0.15, 0.2) is 0 Å². The second kappa shape index (κ2) is 14.0. The van der Waals surface area contributed by atoms with Gasteiger partial charge in [0.25, 0.3) is 5.91 Å². The standard InChI is InChI=1S/C33H42F3N3O2S2/c1-6-42-26-15-12-24(13-16-26)20-37-31(40)27-21-39(29(22(27)2)18-23-10-8-7-9-11-23)25-14-17-30(28(19-25)33(34,35)36)43(41)38-32(3,4)5/h12-17,19,21,23,38H,6-11,18,20H2,1-5H3,(H,37,40). The molecule has 2 N–H and O–H groups in total. The molecule has 0 bridgehead atoms. The van der Waals surface area contributed by atoms with Crippen molar-refractivity contribution in [2.24, 2.45) is 5.92 Å². The van der Waals surface area contributed by atoms with Crippen LogP contribution < -0.4 is 10.0 Å². The molecule has 5 nitrogen and oxygen atoms in total. The molecule has 1 heterocycles. The predicted molar refractivity (Wildman–Crippen MR) is 169 cm³/mol. The summed E-state index contributed by atoms with van der Waals surface area (Å²) in [5.74, 6) is 1.12. The molecule has 0 aliphatic heterocycles. The first kappa shape index (κ1) is 33.3. The molecule has 43 heavy (non-hydrogen) atoms. The maximum Gasteiger partial charge on any atom is 0.417 e. The van der Waals surface area contributed by atoms with Gasteiger partial charge in [-0.25, -0.2) is 8.93 Å². The van der Waals surface area contributed by atoms with Crippen molar-refractivity contribution in [3.8, 4) is 5.69 Å². The lowest BCUT2D eigenvalue weighted by atomic mass is 9.85. The molecule has 1 aliphatic rings. The molecular formula is C33H42F3N3O2S2. The van der Waals surface area contributed by atoms with Crippen molar-refractivity contribution in [2.75, 3.05) is 5.75 Å². The minimum Gasteiger partial charge on any atom is -0.348 e. The lowest BCUT2D eigenvalue weighted by Gasteiger charge is -2.24. The molecule has 1 atom stereocenters. The first-order chi connectivity index (χ1) is 20.3. The van der Waals surface area contributed by atoms with Crippen LogP contribution in [0.4, 0.5) is 13.2 Å². The number of carbonyl (C=O) groups excluding carboxylic acids is 1. The summed E-state index contributed by atoms with van der Waals surface area (Å²) < 4.78 is 60.4. The van der Waals surface area contributed by atoms with Crippen LogP contribution in [0.5, 0.6) is 0 Å². The summed E-state index contributed by atoms with van der Waals surface area (Å²) in [6, 6.07) is 11.9. The zero-order chi connectivity index (χ0) is 31.4. The van der Waals surface area contributed by atoms with Gasteiger partial charge >= 0.3 is 6.18 Å². The van der Waals surface area contributed by atoms with Gasteiger partial charge < -0.3 is 9.88 Å². The van der Waals surface area contributed by atoms with E-state index in [0.717, 1.165) is 54.3 Å². The van der Waals surface area contributed by atoms with Crippen LogP contribution in [0.3, 0.4) is 0 Å². The number of alkyl halides is 3. The van der Waals surface area contributed by atoms with E-state index in [1.807, 2.05) is 31.2 Å². The molecular weight excluding hydrogens is 592 g/mol. The van der Waals surface area contributed by atoms with Crippen LogP contribution in [0.25, 0.3) is 5.69 Å². The highest BCUT2D eigenvalue weighted by atomic mass is 32.2. The number of amides is 1. The van der Waals surface area contributed by atoms with Crippen LogP contribution in [-0.4, -0.2) is 26.0 Å². The molecule has 10 heteroatoms. The van der Waals surface area contributed by atoms with Crippen LogP contribution >= 0.6 is 11.8 Å². The van der Waals surface area contributed by atoms with E-state index in [1.54, 1.807) is 49.4 Å². The number of hydrogen-bond donors (Lipinski definition) is 2. The Hall–Kier alpha value is -2.56. The third-order valence-electron chi connectivity index (χ3n) is 7.67. The average Bonchev–Trinajstić information content (AvgIpc) is 3.27. The molecule has 1 aromatic heterocycles. The normalized spacial score (nSPS) is 15.4. The van der Waals surface area contributed by atoms with E-state index in [-0.39, 0.29) is 10.8 Å². The first-order valence-corrected chi connectivity index (χ1v) is 17.0. The van der Waals surface area contributed by atoms with Crippen LogP contribution in [0.2, 0.25) is 0 Å². The van der Waals surface area contributed by atoms with Crippen molar-refractivity contribution < 1.29 is 22.2 Å². The predicted octanol–water partition coefficient (Wildman–Crippen LogP) is 8.38. The fourth-order valence-electron chi connectivity index (χ4n) is 5.55. The Morgan fingerprint density at radius 3 is 2.33 bits per heavy atom. The van der Waals surface area contributed by atoms with E-state index in [0.29, 0.717) is 30.1 Å². The number of benzene rings is 2. The summed E-state index contributed by atoms with van der Waals surface area (Å²) in [7, 11) is -2.06. The first-order valence-electron chi connectivity index (χ1n) is 14.9. The van der Waals surface area contributed by atoms with Gasteiger partial charge in [0.1, 0.15) is 11.0 Å². The number of nitrogens with zero attached hydrogens (tertiary/aromatic N) is 1. The Balaban J connectivity index is 1.69. The molecule has 0 spiro atoms. The van der Waals surface area contributed by atoms with Crippen molar-refractivity contribution in [3.63, 3.8) is 0 Å². The van der Waals surface area contributed by atoms with Crippen LogP contribution in [0.15, 0.2) is 58.5 Å². The highest BCUT2D eigenvalue weighted by Crippen LogP contribution is 2.37. The van der Waals surface area contributed by atoms with Crippen LogP contribution in [-0.2, 0) is 30.1 Å². The second-order valence-electron chi connectivity index (χ2n) is 12.3. The van der Waals surface area contributed by atoms with Gasteiger partial charge in [0.05, 0.1) is 16.0 Å². The lowest BCUT2D eigenvalue weighted by Crippen LogP contribution is -2.37. The van der Waals surface area contributed by atoms with Crippen molar-refractivity contribution in [3.05, 3.63) is 76.6 Å². The summed E-state index contributed by atoms with van der Waals surface area (Å²) in [5, 5.41) is 3.00. The van der Waals surface area contributed by atoms with Gasteiger partial charge in [-0.05, 0) is 87.2 Å². The molecule has 0 saturated heterocycles. The van der Waals surface area contributed by atoms with Gasteiger partial charge in [0.2, 0.25) is 0 Å². The quantitative estimate of drug-likeness (QED) is 0.221. The van der Waals surface area contributed by atoms with E-state index < -0.39 is 28.3 Å². The fourth-order valence-corrected chi connectivity index (χ4v) is 7.44. The van der Waals surface area contributed by atoms with Gasteiger partial charge in [0, 0.05) is 34.6 Å². The Morgan fingerprint density at radius 2 is 1.72 bits per heavy atom. The largest absolute Gasteiger partial charge is 0.417 e. The number of halogens is 3. The Bertz CT molecular complexity index is 1440. The Morgan fingerprint density at radius 1 is 1.05 bits per heavy atom. The van der Waals surface area contributed by atoms with Gasteiger partial charge in [-0.3, -0.25) is 4.79 Å². The number of aromatic nitrogens is 1. The molecule has 4 rings (SSSR count). The maximum atomic E-state index is 14.3. The van der Waals surface area contributed by atoms with Crippen molar-refractivity contribution in [2.45, 2.75) is 101 Å². The maximum absolute atomic E-state index is 14.3. The summed E-state index contributed by atoms with van der Waals surface area (Å²) in [5.41, 5.74) is 1.72. The highest BCUT2D eigenvalue weighted by molar-refractivity contribution is 7.99. The molecule has 1 amide bonds.